The third kappa shape index (κ3) is 2.02. The van der Waals surface area contributed by atoms with Crippen LogP contribution in [0.15, 0.2) is 71.4 Å². The molecule has 0 saturated carbocycles. The van der Waals surface area contributed by atoms with Gasteiger partial charge in [-0.2, -0.15) is 0 Å². The largest absolute Gasteiger partial charge is 0.508 e. The molecule has 1 aromatic carbocycles. The minimum atomic E-state index is -0.987. The van der Waals surface area contributed by atoms with Crippen LogP contribution >= 0.6 is 0 Å². The Bertz CT molecular complexity index is 635. The van der Waals surface area contributed by atoms with Crippen LogP contribution in [0.4, 0.5) is 0 Å². The van der Waals surface area contributed by atoms with Crippen LogP contribution in [0.5, 0.6) is 0 Å². The normalized spacial score (nSPS) is 21.9. The van der Waals surface area contributed by atoms with E-state index in [0.29, 0.717) is 17.1 Å². The molecule has 0 amide bonds. The molecule has 1 aliphatic heterocycles. The van der Waals surface area contributed by atoms with Gasteiger partial charge in [-0.15, -0.1) is 0 Å². The van der Waals surface area contributed by atoms with Gasteiger partial charge in [0, 0.05) is 17.2 Å². The quantitative estimate of drug-likeness (QED) is 0.722. The fourth-order valence-corrected chi connectivity index (χ4v) is 2.08. The molecule has 19 heavy (non-hydrogen) atoms. The molecule has 0 saturated heterocycles. The van der Waals surface area contributed by atoms with Crippen molar-refractivity contribution < 1.29 is 20.1 Å². The number of fused-ring (bicyclic) bond motifs is 1. The molecule has 4 heteroatoms. The Labute approximate surface area is 109 Å². The first-order valence-electron chi connectivity index (χ1n) is 5.84. The molecule has 0 aromatic heterocycles. The van der Waals surface area contributed by atoms with Crippen molar-refractivity contribution in [1.82, 2.24) is 0 Å². The van der Waals surface area contributed by atoms with Crippen LogP contribution in [0.1, 0.15) is 5.56 Å². The highest BCUT2D eigenvalue weighted by Gasteiger charge is 2.27. The lowest BCUT2D eigenvalue weighted by Crippen LogP contribution is -2.18. The monoisotopic (exact) mass is 256 g/mol. The third-order valence-corrected chi connectivity index (χ3v) is 2.98. The van der Waals surface area contributed by atoms with Gasteiger partial charge in [-0.25, -0.2) is 0 Å². The number of benzene rings is 1. The molecular formula is C15H12O4. The average Bonchev–Trinajstić information content (AvgIpc) is 2.40. The Morgan fingerprint density at radius 3 is 2.47 bits per heavy atom. The number of allylic oxidation sites excluding steroid dienone is 2. The molecule has 4 nitrogen and oxygen atoms in total. The molecular weight excluding hydrogens is 244 g/mol. The second-order valence-corrected chi connectivity index (χ2v) is 4.33. The van der Waals surface area contributed by atoms with Crippen LogP contribution in [0.25, 0.3) is 5.76 Å². The van der Waals surface area contributed by atoms with Crippen molar-refractivity contribution in [2.24, 2.45) is 0 Å². The van der Waals surface area contributed by atoms with Crippen molar-refractivity contribution in [2.45, 2.75) is 6.10 Å². The van der Waals surface area contributed by atoms with Crippen molar-refractivity contribution in [2.75, 3.05) is 0 Å². The number of aliphatic hydroxyl groups excluding tert-OH is 3. The van der Waals surface area contributed by atoms with Crippen molar-refractivity contribution >= 4 is 5.76 Å². The molecule has 0 spiro atoms. The summed E-state index contributed by atoms with van der Waals surface area (Å²) in [6, 6.07) is 9.14. The van der Waals surface area contributed by atoms with Gasteiger partial charge < -0.3 is 20.1 Å². The Balaban J connectivity index is 2.06. The van der Waals surface area contributed by atoms with Gasteiger partial charge in [0.1, 0.15) is 17.6 Å². The van der Waals surface area contributed by atoms with Crippen molar-refractivity contribution in [3.8, 4) is 0 Å². The summed E-state index contributed by atoms with van der Waals surface area (Å²) < 4.78 is 5.59. The highest BCUT2D eigenvalue weighted by Crippen LogP contribution is 2.35. The molecule has 1 aromatic rings. The molecule has 1 unspecified atom stereocenters. The van der Waals surface area contributed by atoms with Crippen LogP contribution in [0, 0.1) is 0 Å². The van der Waals surface area contributed by atoms with Crippen LogP contribution in [-0.4, -0.2) is 21.4 Å². The Hall–Kier alpha value is -2.46. The predicted octanol–water partition coefficient (Wildman–Crippen LogP) is 2.57. The minimum absolute atomic E-state index is 0.0489. The van der Waals surface area contributed by atoms with Gasteiger partial charge in [0.25, 0.3) is 0 Å². The van der Waals surface area contributed by atoms with E-state index < -0.39 is 6.10 Å². The van der Waals surface area contributed by atoms with Crippen LogP contribution < -0.4 is 0 Å². The fraction of sp³-hybridized carbons (Fsp3) is 0.0667. The van der Waals surface area contributed by atoms with E-state index in [-0.39, 0.29) is 11.5 Å². The second-order valence-electron chi connectivity index (χ2n) is 4.33. The summed E-state index contributed by atoms with van der Waals surface area (Å²) in [7, 11) is 0. The fourth-order valence-electron chi connectivity index (χ4n) is 2.08. The first-order chi connectivity index (χ1) is 9.15. The first kappa shape index (κ1) is 11.6. The summed E-state index contributed by atoms with van der Waals surface area (Å²) in [5.41, 5.74) is 1.15. The van der Waals surface area contributed by atoms with Crippen LogP contribution in [-0.2, 0) is 4.74 Å². The third-order valence-electron chi connectivity index (χ3n) is 2.98. The summed E-state index contributed by atoms with van der Waals surface area (Å²) in [5.74, 6) is 0.530. The molecule has 0 fully saturated rings. The SMILES string of the molecule is OC1=CC(O)C2=CC(O)=C(c3ccccc3)OC2=C1. The zero-order valence-electron chi connectivity index (χ0n) is 9.95. The van der Waals surface area contributed by atoms with Crippen molar-refractivity contribution in [1.29, 1.82) is 0 Å². The number of rotatable bonds is 1. The molecule has 0 bridgehead atoms. The van der Waals surface area contributed by atoms with E-state index in [1.165, 1.54) is 18.2 Å². The van der Waals surface area contributed by atoms with E-state index in [9.17, 15) is 15.3 Å². The lowest BCUT2D eigenvalue weighted by molar-refractivity contribution is 0.229. The molecule has 1 aliphatic carbocycles. The summed E-state index contributed by atoms with van der Waals surface area (Å²) in [4.78, 5) is 0. The Kier molecular flexibility index (Phi) is 2.65. The molecule has 0 radical (unpaired) electrons. The Morgan fingerprint density at radius 2 is 1.74 bits per heavy atom. The van der Waals surface area contributed by atoms with Crippen LogP contribution in [0.3, 0.4) is 0 Å². The van der Waals surface area contributed by atoms with E-state index in [1.807, 2.05) is 18.2 Å². The number of hydrogen-bond donors (Lipinski definition) is 3. The van der Waals surface area contributed by atoms with E-state index >= 15 is 0 Å². The lowest BCUT2D eigenvalue weighted by atomic mass is 9.98. The average molecular weight is 256 g/mol. The smallest absolute Gasteiger partial charge is 0.176 e. The molecule has 1 heterocycles. The summed E-state index contributed by atoms with van der Waals surface area (Å²) >= 11 is 0. The molecule has 1 atom stereocenters. The van der Waals surface area contributed by atoms with E-state index in [0.717, 1.165) is 5.56 Å². The van der Waals surface area contributed by atoms with Crippen molar-refractivity contribution in [3.63, 3.8) is 0 Å². The molecule has 2 aliphatic rings. The van der Waals surface area contributed by atoms with Gasteiger partial charge in [0.2, 0.25) is 0 Å². The zero-order chi connectivity index (χ0) is 13.4. The maximum Gasteiger partial charge on any atom is 0.176 e. The molecule has 96 valence electrons. The maximum absolute atomic E-state index is 10.0. The summed E-state index contributed by atoms with van der Waals surface area (Å²) in [5, 5.41) is 29.3. The van der Waals surface area contributed by atoms with Gasteiger partial charge in [-0.05, 0) is 12.2 Å². The zero-order valence-corrected chi connectivity index (χ0v) is 9.95. The predicted molar refractivity (Wildman–Crippen MR) is 70.0 cm³/mol. The van der Waals surface area contributed by atoms with E-state index in [2.05, 4.69) is 0 Å². The van der Waals surface area contributed by atoms with Gasteiger partial charge >= 0.3 is 0 Å². The number of hydrogen-bond acceptors (Lipinski definition) is 4. The van der Waals surface area contributed by atoms with Gasteiger partial charge in [-0.3, -0.25) is 0 Å². The van der Waals surface area contributed by atoms with E-state index in [1.54, 1.807) is 12.1 Å². The molecule has 3 rings (SSSR count). The summed E-state index contributed by atoms with van der Waals surface area (Å²) in [6.07, 6.45) is 3.15. The topological polar surface area (TPSA) is 69.9 Å². The van der Waals surface area contributed by atoms with Crippen LogP contribution in [0.2, 0.25) is 0 Å². The highest BCUT2D eigenvalue weighted by atomic mass is 16.5. The highest BCUT2D eigenvalue weighted by molar-refractivity contribution is 5.68. The number of ether oxygens (including phenoxy) is 1. The molecule has 3 N–H and O–H groups in total. The second kappa shape index (κ2) is 4.33. The minimum Gasteiger partial charge on any atom is -0.508 e. The maximum atomic E-state index is 10.0. The van der Waals surface area contributed by atoms with Gasteiger partial charge in [-0.1, -0.05) is 30.3 Å². The Morgan fingerprint density at radius 1 is 1.00 bits per heavy atom. The van der Waals surface area contributed by atoms with Gasteiger partial charge in [0.15, 0.2) is 11.5 Å². The number of aliphatic hydroxyl groups is 3. The van der Waals surface area contributed by atoms with Gasteiger partial charge in [0.05, 0.1) is 0 Å². The summed E-state index contributed by atoms with van der Waals surface area (Å²) in [6.45, 7) is 0. The standard InChI is InChI=1S/C15H12O4/c16-10-6-12(17)11-8-13(18)15(19-14(11)7-10)9-4-2-1-3-5-9/h1-8,12,16-18H. The van der Waals surface area contributed by atoms with E-state index in [4.69, 9.17) is 4.74 Å². The van der Waals surface area contributed by atoms with Crippen molar-refractivity contribution in [3.05, 3.63) is 77.0 Å². The lowest BCUT2D eigenvalue weighted by Gasteiger charge is -2.25. The first-order valence-corrected chi connectivity index (χ1v) is 5.84.